The van der Waals surface area contributed by atoms with Gasteiger partial charge in [0.2, 0.25) is 5.78 Å². The second kappa shape index (κ2) is 12.0. The Labute approximate surface area is 221 Å². The number of hydrogen-bond donors (Lipinski definition) is 2. The fourth-order valence-corrected chi connectivity index (χ4v) is 5.98. The summed E-state index contributed by atoms with van der Waals surface area (Å²) in [5.74, 6) is -0.578. The molecule has 2 aromatic rings. The lowest BCUT2D eigenvalue weighted by Gasteiger charge is -2.33. The Morgan fingerprint density at radius 1 is 1.03 bits per heavy atom. The average molecular weight is 504 g/mol. The van der Waals surface area contributed by atoms with Crippen LogP contribution in [0.1, 0.15) is 74.3 Å². The van der Waals surface area contributed by atoms with E-state index in [0.29, 0.717) is 19.1 Å². The van der Waals surface area contributed by atoms with E-state index in [9.17, 15) is 14.4 Å². The second-order valence-electron chi connectivity index (χ2n) is 11.4. The van der Waals surface area contributed by atoms with Crippen LogP contribution in [-0.4, -0.2) is 42.1 Å². The number of aldehydes is 1. The number of nitrogens with zero attached hydrogens (tertiary/aromatic N) is 1. The summed E-state index contributed by atoms with van der Waals surface area (Å²) in [5.41, 5.74) is 7.29. The van der Waals surface area contributed by atoms with Gasteiger partial charge in [0.15, 0.2) is 6.29 Å². The predicted molar refractivity (Wildman–Crippen MR) is 148 cm³/mol. The number of carbonyl (C=O) groups excluding carboxylic acids is 3. The van der Waals surface area contributed by atoms with Crippen molar-refractivity contribution < 1.29 is 14.4 Å². The lowest BCUT2D eigenvalue weighted by Crippen LogP contribution is -2.45. The quantitative estimate of drug-likeness (QED) is 0.306. The van der Waals surface area contributed by atoms with E-state index in [1.54, 1.807) is 0 Å². The molecule has 6 heteroatoms. The molecule has 0 saturated heterocycles. The molecule has 0 radical (unpaired) electrons. The van der Waals surface area contributed by atoms with Gasteiger partial charge in [0, 0.05) is 18.8 Å². The molecule has 0 heterocycles. The van der Waals surface area contributed by atoms with Gasteiger partial charge in [-0.05, 0) is 91.1 Å². The fraction of sp³-hybridized carbons (Fsp3) is 0.516. The molecular weight excluding hydrogens is 462 g/mol. The topological polar surface area (TPSA) is 78.5 Å². The number of urea groups is 1. The third-order valence-electron chi connectivity index (χ3n) is 7.93. The van der Waals surface area contributed by atoms with Gasteiger partial charge in [0.05, 0.1) is 6.04 Å². The zero-order valence-corrected chi connectivity index (χ0v) is 22.6. The van der Waals surface area contributed by atoms with Crippen molar-refractivity contribution in [3.8, 4) is 0 Å². The van der Waals surface area contributed by atoms with Crippen LogP contribution in [0.3, 0.4) is 0 Å². The van der Waals surface area contributed by atoms with Gasteiger partial charge < -0.3 is 10.6 Å². The van der Waals surface area contributed by atoms with Gasteiger partial charge in [-0.2, -0.15) is 0 Å². The lowest BCUT2D eigenvalue weighted by molar-refractivity contribution is -0.131. The summed E-state index contributed by atoms with van der Waals surface area (Å²) in [5, 5.41) is 5.93. The van der Waals surface area contributed by atoms with E-state index in [1.165, 1.54) is 27.8 Å². The normalized spacial score (nSPS) is 15.2. The summed E-state index contributed by atoms with van der Waals surface area (Å²) in [6, 6.07) is 11.5. The van der Waals surface area contributed by atoms with Crippen molar-refractivity contribution in [1.82, 2.24) is 10.2 Å². The molecule has 37 heavy (non-hydrogen) atoms. The molecule has 2 N–H and O–H groups in total. The van der Waals surface area contributed by atoms with Crippen molar-refractivity contribution in [2.75, 3.05) is 18.4 Å². The number of fused-ring (bicyclic) bond motifs is 2. The molecule has 2 amide bonds. The molecule has 0 aromatic heterocycles. The summed E-state index contributed by atoms with van der Waals surface area (Å²) in [4.78, 5) is 39.4. The molecule has 0 bridgehead atoms. The van der Waals surface area contributed by atoms with Crippen molar-refractivity contribution in [1.29, 1.82) is 0 Å². The number of benzene rings is 2. The molecule has 2 aliphatic rings. The fourth-order valence-electron chi connectivity index (χ4n) is 5.98. The molecule has 1 unspecified atom stereocenters. The van der Waals surface area contributed by atoms with Gasteiger partial charge in [-0.3, -0.25) is 14.5 Å². The van der Waals surface area contributed by atoms with Crippen molar-refractivity contribution in [2.24, 2.45) is 5.41 Å². The van der Waals surface area contributed by atoms with E-state index >= 15 is 0 Å². The van der Waals surface area contributed by atoms with Crippen LogP contribution in [0.25, 0.3) is 0 Å². The predicted octanol–water partition coefficient (Wildman–Crippen LogP) is 5.25. The minimum absolute atomic E-state index is 0.0918. The Kier molecular flexibility index (Phi) is 8.80. The number of hydrogen-bond acceptors (Lipinski definition) is 4. The SMILES string of the molecule is CCN(Cc1ccccc1)CC(C)(C)CCC(NC(=O)Nc1c2c(cc3c1CCC3)CCC2)C(=O)C=O. The van der Waals surface area contributed by atoms with E-state index in [4.69, 9.17) is 0 Å². The number of amides is 2. The monoisotopic (exact) mass is 503 g/mol. The molecule has 0 aliphatic heterocycles. The minimum Gasteiger partial charge on any atom is -0.328 e. The Morgan fingerprint density at radius 2 is 1.68 bits per heavy atom. The first-order valence-electron chi connectivity index (χ1n) is 13.8. The second-order valence-corrected chi connectivity index (χ2v) is 11.4. The summed E-state index contributed by atoms with van der Waals surface area (Å²) in [7, 11) is 0. The van der Waals surface area contributed by atoms with E-state index in [1.807, 2.05) is 6.07 Å². The first-order valence-corrected chi connectivity index (χ1v) is 13.8. The highest BCUT2D eigenvalue weighted by Gasteiger charge is 2.29. The molecule has 1 atom stereocenters. The molecule has 0 saturated carbocycles. The average Bonchev–Trinajstić information content (AvgIpc) is 3.55. The first kappa shape index (κ1) is 27.1. The van der Waals surface area contributed by atoms with Gasteiger partial charge >= 0.3 is 6.03 Å². The number of anilines is 1. The number of ketones is 1. The van der Waals surface area contributed by atoms with Crippen LogP contribution in [0.5, 0.6) is 0 Å². The van der Waals surface area contributed by atoms with Crippen LogP contribution in [0.2, 0.25) is 0 Å². The van der Waals surface area contributed by atoms with Gasteiger partial charge in [-0.25, -0.2) is 4.79 Å². The maximum Gasteiger partial charge on any atom is 0.319 e. The maximum atomic E-state index is 13.1. The zero-order valence-electron chi connectivity index (χ0n) is 22.6. The van der Waals surface area contributed by atoms with Crippen molar-refractivity contribution in [2.45, 2.75) is 84.7 Å². The van der Waals surface area contributed by atoms with Crippen molar-refractivity contribution in [3.63, 3.8) is 0 Å². The third-order valence-corrected chi connectivity index (χ3v) is 7.93. The van der Waals surface area contributed by atoms with Crippen LogP contribution in [0, 0.1) is 5.41 Å². The van der Waals surface area contributed by atoms with Crippen LogP contribution in [0.15, 0.2) is 36.4 Å². The van der Waals surface area contributed by atoms with Crippen LogP contribution >= 0.6 is 0 Å². The van der Waals surface area contributed by atoms with Gasteiger partial charge in [-0.1, -0.05) is 57.2 Å². The third kappa shape index (κ3) is 6.86. The highest BCUT2D eigenvalue weighted by atomic mass is 16.2. The number of nitrogens with one attached hydrogen (secondary N) is 2. The first-order chi connectivity index (χ1) is 17.8. The Morgan fingerprint density at radius 3 is 2.27 bits per heavy atom. The molecule has 2 aromatic carbocycles. The van der Waals surface area contributed by atoms with Gasteiger partial charge in [0.1, 0.15) is 0 Å². The Balaban J connectivity index is 1.38. The summed E-state index contributed by atoms with van der Waals surface area (Å²) in [6.07, 6.45) is 7.73. The lowest BCUT2D eigenvalue weighted by atomic mass is 9.85. The summed E-state index contributed by atoms with van der Waals surface area (Å²) in [6.45, 7) is 9.15. The van der Waals surface area contributed by atoms with Crippen LogP contribution < -0.4 is 10.6 Å². The molecule has 0 spiro atoms. The molecule has 4 rings (SSSR count). The van der Waals surface area contributed by atoms with Gasteiger partial charge in [0.25, 0.3) is 0 Å². The molecule has 198 valence electrons. The molecule has 0 fully saturated rings. The van der Waals surface area contributed by atoms with E-state index in [-0.39, 0.29) is 5.41 Å². The zero-order chi connectivity index (χ0) is 26.4. The number of carbonyl (C=O) groups is 3. The molecular formula is C31H41N3O3. The minimum atomic E-state index is -0.828. The number of rotatable bonds is 12. The highest BCUT2D eigenvalue weighted by molar-refractivity contribution is 6.28. The van der Waals surface area contributed by atoms with Crippen LogP contribution in [-0.2, 0) is 41.8 Å². The van der Waals surface area contributed by atoms with Gasteiger partial charge in [-0.15, -0.1) is 0 Å². The Hall–Kier alpha value is -2.99. The van der Waals surface area contributed by atoms with Crippen LogP contribution in [0.4, 0.5) is 10.5 Å². The standard InChI is InChI=1S/C31H41N3O3/c1-4-34(19-22-10-6-5-7-11-22)21-31(2,3)17-16-27(28(36)20-35)32-30(37)33-29-25-14-8-12-23(25)18-24-13-9-15-26(24)29/h5-7,10-11,18,20,27H,4,8-9,12-17,19,21H2,1-3H3,(H2,32,33,37). The Bertz CT molecular complexity index is 1090. The summed E-state index contributed by atoms with van der Waals surface area (Å²) >= 11 is 0. The summed E-state index contributed by atoms with van der Waals surface area (Å²) < 4.78 is 0. The molecule has 6 nitrogen and oxygen atoms in total. The largest absolute Gasteiger partial charge is 0.328 e. The van der Waals surface area contributed by atoms with E-state index in [0.717, 1.165) is 63.8 Å². The number of Topliss-reactive ketones (excluding diaryl/α,β-unsaturated/α-hetero) is 1. The van der Waals surface area contributed by atoms with Crippen molar-refractivity contribution in [3.05, 3.63) is 64.2 Å². The molecule has 2 aliphatic carbocycles. The smallest absolute Gasteiger partial charge is 0.319 e. The highest BCUT2D eigenvalue weighted by Crippen LogP contribution is 2.38. The number of aryl methyl sites for hydroxylation is 2. The van der Waals surface area contributed by atoms with E-state index in [2.05, 4.69) is 66.6 Å². The van der Waals surface area contributed by atoms with Crippen molar-refractivity contribution >= 4 is 23.8 Å². The maximum absolute atomic E-state index is 13.1. The van der Waals surface area contributed by atoms with E-state index < -0.39 is 17.9 Å².